The number of rotatable bonds is 6. The van der Waals surface area contributed by atoms with Crippen molar-refractivity contribution in [1.82, 2.24) is 9.78 Å². The summed E-state index contributed by atoms with van der Waals surface area (Å²) >= 11 is 0. The Bertz CT molecular complexity index is 602. The van der Waals surface area contributed by atoms with Gasteiger partial charge < -0.3 is 9.47 Å². The van der Waals surface area contributed by atoms with Crippen molar-refractivity contribution < 1.29 is 23.0 Å². The van der Waals surface area contributed by atoms with E-state index in [-0.39, 0.29) is 11.5 Å². The molecule has 0 bridgehead atoms. The van der Waals surface area contributed by atoms with Crippen LogP contribution in [0.5, 0.6) is 11.5 Å². The molecule has 0 radical (unpaired) electrons. The fourth-order valence-electron chi connectivity index (χ4n) is 1.91. The zero-order valence-corrected chi connectivity index (χ0v) is 11.5. The standard InChI is InChI=1S/C14H14F2N2O3/c1-3-18-12(11(20-2)8-17-18)13(19)9-4-6-10(7-5-9)21-14(15)16/h4-8,14H,3H2,1-2H3. The SMILES string of the molecule is CCn1ncc(OC)c1C(=O)c1ccc(OC(F)F)cc1. The first-order valence-electron chi connectivity index (χ1n) is 6.26. The highest BCUT2D eigenvalue weighted by molar-refractivity contribution is 6.09. The fraction of sp³-hybridized carbons (Fsp3) is 0.286. The molecule has 7 heteroatoms. The van der Waals surface area contributed by atoms with E-state index in [1.54, 1.807) is 0 Å². The van der Waals surface area contributed by atoms with Gasteiger partial charge in [-0.3, -0.25) is 9.48 Å². The van der Waals surface area contributed by atoms with Crippen molar-refractivity contribution in [3.8, 4) is 11.5 Å². The molecular weight excluding hydrogens is 282 g/mol. The molecular formula is C14H14F2N2O3. The van der Waals surface area contributed by atoms with Crippen LogP contribution in [-0.2, 0) is 6.54 Å². The van der Waals surface area contributed by atoms with Crippen molar-refractivity contribution in [2.45, 2.75) is 20.1 Å². The first-order chi connectivity index (χ1) is 10.1. The van der Waals surface area contributed by atoms with Crippen LogP contribution in [0.1, 0.15) is 23.0 Å². The second-order valence-corrected chi connectivity index (χ2v) is 4.11. The third-order valence-corrected chi connectivity index (χ3v) is 2.88. The molecule has 1 aromatic carbocycles. The maximum absolute atomic E-state index is 12.5. The lowest BCUT2D eigenvalue weighted by molar-refractivity contribution is -0.0498. The Hall–Kier alpha value is -2.44. The number of methoxy groups -OCH3 is 1. The van der Waals surface area contributed by atoms with Gasteiger partial charge in [0, 0.05) is 12.1 Å². The van der Waals surface area contributed by atoms with Gasteiger partial charge >= 0.3 is 6.61 Å². The Labute approximate surface area is 120 Å². The van der Waals surface area contributed by atoms with Gasteiger partial charge in [0.15, 0.2) is 11.4 Å². The summed E-state index contributed by atoms with van der Waals surface area (Å²) in [4.78, 5) is 12.5. The number of halogens is 2. The van der Waals surface area contributed by atoms with E-state index in [2.05, 4.69) is 9.84 Å². The Balaban J connectivity index is 2.30. The third-order valence-electron chi connectivity index (χ3n) is 2.88. The van der Waals surface area contributed by atoms with E-state index in [4.69, 9.17) is 4.74 Å². The van der Waals surface area contributed by atoms with E-state index in [1.165, 1.54) is 42.3 Å². The lowest BCUT2D eigenvalue weighted by Crippen LogP contribution is -2.12. The summed E-state index contributed by atoms with van der Waals surface area (Å²) in [5, 5.41) is 4.06. The number of hydrogen-bond acceptors (Lipinski definition) is 4. The van der Waals surface area contributed by atoms with Gasteiger partial charge in [0.1, 0.15) is 5.75 Å². The number of carbonyl (C=O) groups is 1. The van der Waals surface area contributed by atoms with Crippen LogP contribution in [0, 0.1) is 0 Å². The Morgan fingerprint density at radius 2 is 2.00 bits per heavy atom. The number of hydrogen-bond donors (Lipinski definition) is 0. The molecule has 21 heavy (non-hydrogen) atoms. The summed E-state index contributed by atoms with van der Waals surface area (Å²) in [6.45, 7) is -0.534. The van der Waals surface area contributed by atoms with Crippen molar-refractivity contribution in [2.24, 2.45) is 0 Å². The average Bonchev–Trinajstić information content (AvgIpc) is 2.89. The zero-order chi connectivity index (χ0) is 15.4. The number of carbonyl (C=O) groups excluding carboxylic acids is 1. The highest BCUT2D eigenvalue weighted by Crippen LogP contribution is 2.23. The summed E-state index contributed by atoms with van der Waals surface area (Å²) in [7, 11) is 1.45. The van der Waals surface area contributed by atoms with Crippen LogP contribution in [0.2, 0.25) is 0 Å². The molecule has 5 nitrogen and oxygen atoms in total. The second kappa shape index (κ2) is 6.34. The zero-order valence-electron chi connectivity index (χ0n) is 11.5. The predicted molar refractivity (Wildman–Crippen MR) is 71.0 cm³/mol. The summed E-state index contributed by atoms with van der Waals surface area (Å²) in [5.74, 6) is 0.0714. The molecule has 1 heterocycles. The van der Waals surface area contributed by atoms with E-state index in [1.807, 2.05) is 6.92 Å². The normalized spacial score (nSPS) is 10.7. The van der Waals surface area contributed by atoms with Crippen molar-refractivity contribution in [2.75, 3.05) is 7.11 Å². The number of aromatic nitrogens is 2. The van der Waals surface area contributed by atoms with Crippen molar-refractivity contribution in [3.63, 3.8) is 0 Å². The van der Waals surface area contributed by atoms with Crippen LogP contribution < -0.4 is 9.47 Å². The van der Waals surface area contributed by atoms with Crippen LogP contribution in [0.25, 0.3) is 0 Å². The minimum absolute atomic E-state index is 0.00230. The van der Waals surface area contributed by atoms with E-state index >= 15 is 0 Å². The van der Waals surface area contributed by atoms with Crippen molar-refractivity contribution in [3.05, 3.63) is 41.7 Å². The van der Waals surface area contributed by atoms with Gasteiger partial charge in [-0.2, -0.15) is 13.9 Å². The van der Waals surface area contributed by atoms with Crippen molar-refractivity contribution in [1.29, 1.82) is 0 Å². The van der Waals surface area contributed by atoms with Gasteiger partial charge in [-0.1, -0.05) is 0 Å². The van der Waals surface area contributed by atoms with Gasteiger partial charge in [-0.25, -0.2) is 0 Å². The molecule has 0 saturated carbocycles. The van der Waals surface area contributed by atoms with E-state index in [0.29, 0.717) is 23.6 Å². The Kier molecular flexibility index (Phi) is 4.52. The lowest BCUT2D eigenvalue weighted by atomic mass is 10.1. The van der Waals surface area contributed by atoms with Gasteiger partial charge in [0.05, 0.1) is 13.3 Å². The predicted octanol–water partition coefficient (Wildman–Crippen LogP) is 2.74. The molecule has 0 fully saturated rings. The highest BCUT2D eigenvalue weighted by atomic mass is 19.3. The lowest BCUT2D eigenvalue weighted by Gasteiger charge is -2.08. The molecule has 0 saturated heterocycles. The van der Waals surface area contributed by atoms with Crippen molar-refractivity contribution >= 4 is 5.78 Å². The fourth-order valence-corrected chi connectivity index (χ4v) is 1.91. The Morgan fingerprint density at radius 3 is 2.52 bits per heavy atom. The van der Waals surface area contributed by atoms with Gasteiger partial charge in [0.2, 0.25) is 5.78 Å². The van der Waals surface area contributed by atoms with Crippen LogP contribution in [0.3, 0.4) is 0 Å². The molecule has 1 aromatic heterocycles. The Morgan fingerprint density at radius 1 is 1.33 bits per heavy atom. The first kappa shape index (κ1) is 15.0. The van der Waals surface area contributed by atoms with Crippen LogP contribution in [0.4, 0.5) is 8.78 Å². The maximum atomic E-state index is 12.5. The number of aryl methyl sites for hydroxylation is 1. The van der Waals surface area contributed by atoms with E-state index in [0.717, 1.165) is 0 Å². The summed E-state index contributed by atoms with van der Waals surface area (Å²) in [5.41, 5.74) is 0.660. The summed E-state index contributed by atoms with van der Waals surface area (Å²) in [6.07, 6.45) is 1.46. The van der Waals surface area contributed by atoms with E-state index < -0.39 is 6.61 Å². The van der Waals surface area contributed by atoms with Crippen LogP contribution >= 0.6 is 0 Å². The van der Waals surface area contributed by atoms with Gasteiger partial charge in [-0.15, -0.1) is 0 Å². The number of alkyl halides is 2. The molecule has 0 aliphatic rings. The molecule has 0 N–H and O–H groups in total. The average molecular weight is 296 g/mol. The van der Waals surface area contributed by atoms with Crippen LogP contribution in [0.15, 0.2) is 30.5 Å². The van der Waals surface area contributed by atoms with Gasteiger partial charge in [0.25, 0.3) is 0 Å². The smallest absolute Gasteiger partial charge is 0.387 e. The maximum Gasteiger partial charge on any atom is 0.387 e. The molecule has 0 aliphatic heterocycles. The van der Waals surface area contributed by atoms with E-state index in [9.17, 15) is 13.6 Å². The molecule has 0 unspecified atom stereocenters. The molecule has 0 spiro atoms. The number of ketones is 1. The summed E-state index contributed by atoms with van der Waals surface area (Å²) in [6, 6.07) is 5.48. The van der Waals surface area contributed by atoms with Crippen LogP contribution in [-0.4, -0.2) is 29.3 Å². The molecule has 2 rings (SSSR count). The topological polar surface area (TPSA) is 53.4 Å². The molecule has 0 atom stereocenters. The first-order valence-corrected chi connectivity index (χ1v) is 6.26. The molecule has 112 valence electrons. The quantitative estimate of drug-likeness (QED) is 0.769. The third kappa shape index (κ3) is 3.18. The highest BCUT2D eigenvalue weighted by Gasteiger charge is 2.20. The summed E-state index contributed by atoms with van der Waals surface area (Å²) < 4.78 is 35.0. The largest absolute Gasteiger partial charge is 0.493 e. The number of benzene rings is 1. The molecule has 0 aliphatic carbocycles. The monoisotopic (exact) mass is 296 g/mol. The minimum Gasteiger partial charge on any atom is -0.493 e. The minimum atomic E-state index is -2.90. The second-order valence-electron chi connectivity index (χ2n) is 4.11. The molecule has 2 aromatic rings. The molecule has 0 amide bonds. The number of ether oxygens (including phenoxy) is 2. The van der Waals surface area contributed by atoms with Gasteiger partial charge in [-0.05, 0) is 31.2 Å². The number of nitrogens with zero attached hydrogens (tertiary/aromatic N) is 2.